The van der Waals surface area contributed by atoms with Crippen LogP contribution in [0.5, 0.6) is 0 Å². The zero-order chi connectivity index (χ0) is 37.3. The van der Waals surface area contributed by atoms with Crippen LogP contribution in [-0.2, 0) is 23.7 Å². The van der Waals surface area contributed by atoms with Gasteiger partial charge in [-0.2, -0.15) is 0 Å². The minimum atomic E-state index is -1.74. The Kier molecular flexibility index (Phi) is 11.6. The van der Waals surface area contributed by atoms with Gasteiger partial charge in [0.2, 0.25) is 0 Å². The van der Waals surface area contributed by atoms with E-state index in [0.717, 1.165) is 25.3 Å². The van der Waals surface area contributed by atoms with E-state index in [1.54, 1.807) is 0 Å². The van der Waals surface area contributed by atoms with Crippen LogP contribution >= 0.6 is 0 Å². The smallest absolute Gasteiger partial charge is 0.187 e. The van der Waals surface area contributed by atoms with Crippen LogP contribution < -0.4 is 5.32 Å². The lowest BCUT2D eigenvalue weighted by molar-refractivity contribution is -0.364. The molecule has 3 saturated heterocycles. The molecule has 3 aliphatic heterocycles. The second kappa shape index (κ2) is 15.3. The Hall–Kier alpha value is -0.810. The summed E-state index contributed by atoms with van der Waals surface area (Å²) in [7, 11) is 0. The second-order valence-corrected chi connectivity index (χ2v) is 18.4. The molecule has 13 heteroatoms. The highest BCUT2D eigenvalue weighted by atomic mass is 16.7. The van der Waals surface area contributed by atoms with Crippen LogP contribution in [-0.4, -0.2) is 135 Å². The van der Waals surface area contributed by atoms with Crippen molar-refractivity contribution < 1.29 is 59.5 Å². The molecule has 7 aliphatic rings. The Morgan fingerprint density at radius 3 is 2.13 bits per heavy atom. The number of nitrogens with one attached hydrogen (secondary N) is 1. The Bertz CT molecular complexity index is 1250. The summed E-state index contributed by atoms with van der Waals surface area (Å²) in [4.78, 5) is 14.2. The van der Waals surface area contributed by atoms with Crippen molar-refractivity contribution in [2.75, 3.05) is 19.8 Å². The number of Topliss-reactive ketones (excluding diaryl/α,β-unsaturated/α-hetero) is 1. The van der Waals surface area contributed by atoms with Crippen molar-refractivity contribution in [3.05, 3.63) is 0 Å². The van der Waals surface area contributed by atoms with E-state index in [-0.39, 0.29) is 16.7 Å². The predicted molar refractivity (Wildman–Crippen MR) is 186 cm³/mol. The van der Waals surface area contributed by atoms with E-state index < -0.39 is 80.7 Å². The highest BCUT2D eigenvalue weighted by Gasteiger charge is 2.63. The van der Waals surface area contributed by atoms with Gasteiger partial charge in [-0.25, -0.2) is 0 Å². The van der Waals surface area contributed by atoms with E-state index in [2.05, 4.69) is 33.0 Å². The number of ketones is 1. The Labute approximate surface area is 307 Å². The summed E-state index contributed by atoms with van der Waals surface area (Å²) in [5.41, 5.74) is 0.132. The molecule has 7 fully saturated rings. The Morgan fingerprint density at radius 1 is 0.788 bits per heavy atom. The lowest BCUT2D eigenvalue weighted by Gasteiger charge is -2.61. The van der Waals surface area contributed by atoms with Crippen molar-refractivity contribution in [3.8, 4) is 0 Å². The topological polar surface area (TPSA) is 208 Å². The molecule has 4 saturated carbocycles. The highest BCUT2D eigenvalue weighted by molar-refractivity contribution is 5.83. The van der Waals surface area contributed by atoms with Gasteiger partial charge >= 0.3 is 0 Å². The van der Waals surface area contributed by atoms with Crippen LogP contribution in [0, 0.1) is 52.3 Å². The third-order valence-electron chi connectivity index (χ3n) is 15.7. The third kappa shape index (κ3) is 6.74. The van der Waals surface area contributed by atoms with E-state index in [1.165, 1.54) is 32.1 Å². The van der Waals surface area contributed by atoms with Gasteiger partial charge in [0.1, 0.15) is 54.6 Å². The first kappa shape index (κ1) is 39.4. The molecule has 298 valence electrons. The molecule has 0 radical (unpaired) electrons. The monoisotopic (exact) mass is 739 g/mol. The third-order valence-corrected chi connectivity index (χ3v) is 15.7. The first-order chi connectivity index (χ1) is 24.7. The van der Waals surface area contributed by atoms with Crippen LogP contribution in [0.3, 0.4) is 0 Å². The van der Waals surface area contributed by atoms with Gasteiger partial charge in [0.15, 0.2) is 12.6 Å². The number of hydrogen-bond donors (Lipinski definition) is 8. The number of carbonyl (C=O) groups is 1. The van der Waals surface area contributed by atoms with Gasteiger partial charge in [-0.1, -0.05) is 27.7 Å². The second-order valence-electron chi connectivity index (χ2n) is 18.4. The van der Waals surface area contributed by atoms with Crippen LogP contribution in [0.25, 0.3) is 0 Å². The maximum atomic E-state index is 14.2. The van der Waals surface area contributed by atoms with Gasteiger partial charge in [-0.15, -0.1) is 0 Å². The summed E-state index contributed by atoms with van der Waals surface area (Å²) < 4.78 is 23.3. The summed E-state index contributed by atoms with van der Waals surface area (Å²) in [6.45, 7) is 9.49. The zero-order valence-corrected chi connectivity index (χ0v) is 31.3. The lowest BCUT2D eigenvalue weighted by Crippen LogP contribution is -2.65. The number of carbonyl (C=O) groups excluding carboxylic acids is 1. The number of aliphatic hydroxyl groups is 7. The number of piperidine rings is 1. The summed E-state index contributed by atoms with van der Waals surface area (Å²) in [6, 6.07) is 0.584. The minimum absolute atomic E-state index is 0.129. The number of hydrogen-bond acceptors (Lipinski definition) is 13. The molecule has 0 aromatic rings. The molecule has 13 nitrogen and oxygen atoms in total. The van der Waals surface area contributed by atoms with Crippen molar-refractivity contribution in [1.29, 1.82) is 0 Å². The van der Waals surface area contributed by atoms with Gasteiger partial charge in [0.05, 0.1) is 19.3 Å². The minimum Gasteiger partial charge on any atom is -0.394 e. The number of rotatable bonds is 8. The van der Waals surface area contributed by atoms with Crippen molar-refractivity contribution in [2.45, 2.75) is 165 Å². The van der Waals surface area contributed by atoms with Gasteiger partial charge in [0, 0.05) is 18.4 Å². The van der Waals surface area contributed by atoms with Crippen molar-refractivity contribution >= 4 is 5.78 Å². The van der Waals surface area contributed by atoms with Crippen molar-refractivity contribution in [3.63, 3.8) is 0 Å². The molecule has 0 bridgehead atoms. The molecule has 7 rings (SSSR count). The number of fused-ring (bicyclic) bond motifs is 5. The largest absolute Gasteiger partial charge is 0.394 e. The van der Waals surface area contributed by atoms with E-state index in [4.69, 9.17) is 18.9 Å². The van der Waals surface area contributed by atoms with Crippen LogP contribution in [0.2, 0.25) is 0 Å². The van der Waals surface area contributed by atoms with Crippen molar-refractivity contribution in [2.24, 2.45) is 52.3 Å². The van der Waals surface area contributed by atoms with E-state index in [9.17, 15) is 40.5 Å². The first-order valence-electron chi connectivity index (χ1n) is 20.2. The molecule has 4 aliphatic carbocycles. The normalized spacial score (nSPS) is 54.6. The fraction of sp³-hybridized carbons (Fsp3) is 0.974. The maximum Gasteiger partial charge on any atom is 0.187 e. The Morgan fingerprint density at radius 2 is 1.44 bits per heavy atom. The molecular weight excluding hydrogens is 674 g/mol. The molecule has 8 N–H and O–H groups in total. The Balaban J connectivity index is 0.981. The zero-order valence-electron chi connectivity index (χ0n) is 31.3. The van der Waals surface area contributed by atoms with Crippen LogP contribution in [0.15, 0.2) is 0 Å². The predicted octanol–water partition coefficient (Wildman–Crippen LogP) is 0.858. The number of ether oxygens (including phenoxy) is 4. The van der Waals surface area contributed by atoms with Crippen LogP contribution in [0.4, 0.5) is 0 Å². The first-order valence-corrected chi connectivity index (χ1v) is 20.2. The van der Waals surface area contributed by atoms with Crippen molar-refractivity contribution in [1.82, 2.24) is 5.32 Å². The average Bonchev–Trinajstić information content (AvgIpc) is 3.49. The molecule has 0 unspecified atom stereocenters. The quantitative estimate of drug-likeness (QED) is 0.163. The van der Waals surface area contributed by atoms with E-state index in [0.29, 0.717) is 60.7 Å². The average molecular weight is 740 g/mol. The molecule has 0 spiro atoms. The van der Waals surface area contributed by atoms with Gasteiger partial charge in [0.25, 0.3) is 0 Å². The molecular formula is C39H65NO12. The van der Waals surface area contributed by atoms with E-state index >= 15 is 0 Å². The fourth-order valence-electron chi connectivity index (χ4n) is 12.6. The summed E-state index contributed by atoms with van der Waals surface area (Å²) in [5.74, 6) is 3.66. The summed E-state index contributed by atoms with van der Waals surface area (Å²) in [5, 5.41) is 76.6. The standard InChI is InChI=1S/C39H65NO12/c1-18-5-8-26(40-15-18)19(2)22-6-7-23-21-14-27(43)25-13-20(9-11-39(25,4)24(21)10-12-38(22,23)3)49-36-34(48)32(46)35(29(17-42)51-36)52-37-33(47)31(45)30(44)28(16-41)50-37/h18-26,28-37,40-42,44-48H,5-17H2,1-4H3/t18-,19+,20+,21+,22-,23+,24-,25+,26+,28-,29+,30+,31+,32+,33-,34+,35-,36+,37+,38+,39-/m1/s1. The number of aliphatic hydroxyl groups excluding tert-OH is 7. The maximum absolute atomic E-state index is 14.2. The SMILES string of the molecule is C[C@@H]1CC[C@@H]([C@@H](C)[C@H]2CC[C@H]3[C@@H]4CC(=O)[C@@H]5C[C@@H](O[C@H]6O[C@@H](CO)[C@@H](O[C@@H]7O[C@H](CO)[C@H](O)[C@H](O)[C@H]7O)[C@@H](O)[C@@H]6O)CC[C@]5(C)[C@@H]4CC[C@@]23C)NC1. The highest BCUT2D eigenvalue weighted by Crippen LogP contribution is 2.68. The fourth-order valence-corrected chi connectivity index (χ4v) is 12.6. The molecule has 3 heterocycles. The molecule has 0 amide bonds. The van der Waals surface area contributed by atoms with Crippen LogP contribution in [0.1, 0.15) is 91.9 Å². The molecule has 21 atom stereocenters. The molecule has 0 aromatic carbocycles. The lowest BCUT2D eigenvalue weighted by atomic mass is 9.44. The molecule has 0 aromatic heterocycles. The summed E-state index contributed by atoms with van der Waals surface area (Å²) >= 11 is 0. The van der Waals surface area contributed by atoms with Gasteiger partial charge in [-0.05, 0) is 111 Å². The van der Waals surface area contributed by atoms with Gasteiger partial charge in [-0.3, -0.25) is 4.79 Å². The van der Waals surface area contributed by atoms with Gasteiger partial charge < -0.3 is 60.0 Å². The van der Waals surface area contributed by atoms with E-state index in [1.807, 2.05) is 0 Å². The summed E-state index contributed by atoms with van der Waals surface area (Å²) in [6.07, 6.45) is -5.43. The molecule has 52 heavy (non-hydrogen) atoms.